The Morgan fingerprint density at radius 3 is 2.86 bits per heavy atom. The van der Waals surface area contributed by atoms with Gasteiger partial charge in [0.2, 0.25) is 0 Å². The van der Waals surface area contributed by atoms with Crippen molar-refractivity contribution in [2.24, 2.45) is 0 Å². The van der Waals surface area contributed by atoms with E-state index in [9.17, 15) is 0 Å². The van der Waals surface area contributed by atoms with Crippen molar-refractivity contribution in [1.82, 2.24) is 9.78 Å². The van der Waals surface area contributed by atoms with E-state index in [0.717, 1.165) is 10.2 Å². The molecule has 1 fully saturated rings. The SMILES string of the molecule is Clc1ccc(Br)cc1OCc1ccn(C2CCCCC2)n1. The molecule has 112 valence electrons. The lowest BCUT2D eigenvalue weighted by Gasteiger charge is -2.21. The van der Waals surface area contributed by atoms with Gasteiger partial charge >= 0.3 is 0 Å². The topological polar surface area (TPSA) is 27.1 Å². The van der Waals surface area contributed by atoms with Crippen LogP contribution in [0.3, 0.4) is 0 Å². The van der Waals surface area contributed by atoms with Crippen molar-refractivity contribution in [3.8, 4) is 5.75 Å². The molecule has 0 N–H and O–H groups in total. The monoisotopic (exact) mass is 368 g/mol. The van der Waals surface area contributed by atoms with Crippen molar-refractivity contribution in [2.75, 3.05) is 0 Å². The average Bonchev–Trinajstić information content (AvgIpc) is 2.98. The summed E-state index contributed by atoms with van der Waals surface area (Å²) >= 11 is 9.54. The molecule has 3 nitrogen and oxygen atoms in total. The number of hydrogen-bond acceptors (Lipinski definition) is 2. The fourth-order valence-electron chi connectivity index (χ4n) is 2.74. The minimum absolute atomic E-state index is 0.440. The van der Waals surface area contributed by atoms with E-state index in [4.69, 9.17) is 16.3 Å². The van der Waals surface area contributed by atoms with Gasteiger partial charge in [0, 0.05) is 10.7 Å². The molecule has 0 radical (unpaired) electrons. The van der Waals surface area contributed by atoms with Gasteiger partial charge in [-0.25, -0.2) is 0 Å². The molecule has 1 saturated carbocycles. The first-order valence-corrected chi connectivity index (χ1v) is 8.51. The molecular formula is C16H18BrClN2O. The Hall–Kier alpha value is -1.00. The van der Waals surface area contributed by atoms with Gasteiger partial charge in [0.25, 0.3) is 0 Å². The molecule has 0 bridgehead atoms. The van der Waals surface area contributed by atoms with Gasteiger partial charge in [-0.15, -0.1) is 0 Å². The van der Waals surface area contributed by atoms with Crippen molar-refractivity contribution in [2.45, 2.75) is 44.8 Å². The lowest BCUT2D eigenvalue weighted by molar-refractivity contribution is 0.291. The van der Waals surface area contributed by atoms with Gasteiger partial charge in [0.15, 0.2) is 0 Å². The quantitative estimate of drug-likeness (QED) is 0.723. The zero-order chi connectivity index (χ0) is 14.7. The number of aromatic nitrogens is 2. The van der Waals surface area contributed by atoms with Crippen molar-refractivity contribution in [1.29, 1.82) is 0 Å². The highest BCUT2D eigenvalue weighted by Crippen LogP contribution is 2.29. The maximum atomic E-state index is 6.12. The van der Waals surface area contributed by atoms with Gasteiger partial charge in [-0.1, -0.05) is 46.8 Å². The average molecular weight is 370 g/mol. The van der Waals surface area contributed by atoms with Crippen LogP contribution in [0.15, 0.2) is 34.9 Å². The molecule has 0 spiro atoms. The third-order valence-corrected chi connectivity index (χ3v) is 4.69. The summed E-state index contributed by atoms with van der Waals surface area (Å²) in [7, 11) is 0. The Labute approximate surface area is 138 Å². The van der Waals surface area contributed by atoms with Gasteiger partial charge in [-0.05, 0) is 37.1 Å². The van der Waals surface area contributed by atoms with Crippen LogP contribution in [0.25, 0.3) is 0 Å². The molecule has 1 aliphatic rings. The molecule has 1 aromatic heterocycles. The standard InChI is InChI=1S/C16H18BrClN2O/c17-12-6-7-15(18)16(10-12)21-11-13-8-9-20(19-13)14-4-2-1-3-5-14/h6-10,14H,1-5,11H2. The van der Waals surface area contributed by atoms with Crippen molar-refractivity contribution < 1.29 is 4.74 Å². The number of ether oxygens (including phenoxy) is 1. The first-order valence-electron chi connectivity index (χ1n) is 7.34. The fraction of sp³-hybridized carbons (Fsp3) is 0.438. The van der Waals surface area contributed by atoms with Crippen LogP contribution in [0.2, 0.25) is 5.02 Å². The molecule has 2 aromatic rings. The molecule has 0 unspecified atom stereocenters. The molecule has 0 aliphatic heterocycles. The number of halogens is 2. The predicted octanol–water partition coefficient (Wildman–Crippen LogP) is 5.38. The van der Waals surface area contributed by atoms with Crippen molar-refractivity contribution >= 4 is 27.5 Å². The van der Waals surface area contributed by atoms with Gasteiger partial charge in [-0.3, -0.25) is 4.68 Å². The zero-order valence-electron chi connectivity index (χ0n) is 11.8. The third-order valence-electron chi connectivity index (χ3n) is 3.88. The van der Waals surface area contributed by atoms with E-state index in [0.29, 0.717) is 23.4 Å². The number of benzene rings is 1. The molecule has 21 heavy (non-hydrogen) atoms. The summed E-state index contributed by atoms with van der Waals surface area (Å²) in [6.45, 7) is 0.440. The Bertz CT molecular complexity index is 608. The first kappa shape index (κ1) is 14.9. The second-order valence-corrected chi connectivity index (χ2v) is 6.77. The van der Waals surface area contributed by atoms with Crippen LogP contribution in [-0.4, -0.2) is 9.78 Å². The van der Waals surface area contributed by atoms with Crippen LogP contribution in [0.5, 0.6) is 5.75 Å². The van der Waals surface area contributed by atoms with Crippen LogP contribution in [0, 0.1) is 0 Å². The van der Waals surface area contributed by atoms with Crippen LogP contribution >= 0.6 is 27.5 Å². The van der Waals surface area contributed by atoms with Crippen molar-refractivity contribution in [3.05, 3.63) is 45.7 Å². The third kappa shape index (κ3) is 3.80. The van der Waals surface area contributed by atoms with Gasteiger partial charge in [0.1, 0.15) is 12.4 Å². The Morgan fingerprint density at radius 2 is 2.05 bits per heavy atom. The summed E-state index contributed by atoms with van der Waals surface area (Å²) in [6, 6.07) is 8.18. The number of rotatable bonds is 4. The van der Waals surface area contributed by atoms with E-state index >= 15 is 0 Å². The Morgan fingerprint density at radius 1 is 1.24 bits per heavy atom. The van der Waals surface area contributed by atoms with Crippen molar-refractivity contribution in [3.63, 3.8) is 0 Å². The van der Waals surface area contributed by atoms with E-state index in [1.165, 1.54) is 32.1 Å². The van der Waals surface area contributed by atoms with Gasteiger partial charge < -0.3 is 4.74 Å². The molecular weight excluding hydrogens is 352 g/mol. The van der Waals surface area contributed by atoms with E-state index in [1.54, 1.807) is 0 Å². The number of nitrogens with zero attached hydrogens (tertiary/aromatic N) is 2. The summed E-state index contributed by atoms with van der Waals surface area (Å²) < 4.78 is 8.82. The molecule has 1 heterocycles. The molecule has 5 heteroatoms. The predicted molar refractivity (Wildman–Crippen MR) is 87.8 cm³/mol. The van der Waals surface area contributed by atoms with E-state index in [2.05, 4.69) is 31.9 Å². The second-order valence-electron chi connectivity index (χ2n) is 5.44. The van der Waals surface area contributed by atoms with Gasteiger partial charge in [0.05, 0.1) is 16.8 Å². The lowest BCUT2D eigenvalue weighted by Crippen LogP contribution is -2.13. The molecule has 0 amide bonds. The summed E-state index contributed by atoms with van der Waals surface area (Å²) in [5.74, 6) is 0.679. The molecule has 1 aromatic carbocycles. The van der Waals surface area contributed by atoms with E-state index in [-0.39, 0.29) is 0 Å². The van der Waals surface area contributed by atoms with Crippen LogP contribution in [0.4, 0.5) is 0 Å². The summed E-state index contributed by atoms with van der Waals surface area (Å²) in [6.07, 6.45) is 8.51. The van der Waals surface area contributed by atoms with Crippen LogP contribution in [0.1, 0.15) is 43.8 Å². The highest BCUT2D eigenvalue weighted by molar-refractivity contribution is 9.10. The maximum Gasteiger partial charge on any atom is 0.139 e. The Kier molecular flexibility index (Phi) is 4.86. The molecule has 0 atom stereocenters. The normalized spacial score (nSPS) is 16.1. The molecule has 1 aliphatic carbocycles. The smallest absolute Gasteiger partial charge is 0.139 e. The largest absolute Gasteiger partial charge is 0.486 e. The second kappa shape index (κ2) is 6.84. The van der Waals surface area contributed by atoms with Crippen LogP contribution < -0.4 is 4.74 Å². The van der Waals surface area contributed by atoms with E-state index < -0.39 is 0 Å². The number of hydrogen-bond donors (Lipinski definition) is 0. The molecule has 3 rings (SSSR count). The minimum Gasteiger partial charge on any atom is -0.486 e. The first-order chi connectivity index (χ1) is 10.2. The highest BCUT2D eigenvalue weighted by atomic mass is 79.9. The summed E-state index contributed by atoms with van der Waals surface area (Å²) in [5, 5.41) is 5.25. The van der Waals surface area contributed by atoms with Gasteiger partial charge in [-0.2, -0.15) is 5.10 Å². The van der Waals surface area contributed by atoms with Crippen LogP contribution in [-0.2, 0) is 6.61 Å². The summed E-state index contributed by atoms with van der Waals surface area (Å²) in [5.41, 5.74) is 0.941. The zero-order valence-corrected chi connectivity index (χ0v) is 14.1. The highest BCUT2D eigenvalue weighted by Gasteiger charge is 2.16. The summed E-state index contributed by atoms with van der Waals surface area (Å²) in [4.78, 5) is 0. The Balaban J connectivity index is 1.63. The molecule has 0 saturated heterocycles. The fourth-order valence-corrected chi connectivity index (χ4v) is 3.26. The maximum absolute atomic E-state index is 6.12. The van der Waals surface area contributed by atoms with E-state index in [1.807, 2.05) is 24.3 Å². The lowest BCUT2D eigenvalue weighted by atomic mass is 9.96. The minimum atomic E-state index is 0.440.